The lowest BCUT2D eigenvalue weighted by atomic mass is 9.49. The molecule has 2 saturated heterocycles. The van der Waals surface area contributed by atoms with E-state index in [4.69, 9.17) is 0 Å². The van der Waals surface area contributed by atoms with Crippen LogP contribution in [0.25, 0.3) is 0 Å². The fourth-order valence-electron chi connectivity index (χ4n) is 7.70. The minimum Gasteiger partial charge on any atom is -0.508 e. The van der Waals surface area contributed by atoms with Crippen molar-refractivity contribution in [2.75, 3.05) is 5.43 Å². The molecule has 4 amide bonds. The number of carbonyl (C=O) groups is 4. The first-order chi connectivity index (χ1) is 19.8. The number of hydrogen-bond donors (Lipinski definition) is 3. The second-order valence-corrected chi connectivity index (χ2v) is 11.5. The van der Waals surface area contributed by atoms with Gasteiger partial charge in [-0.05, 0) is 61.1 Å². The third kappa shape index (κ3) is 3.59. The number of aryl methyl sites for hydroxylation is 1. The van der Waals surface area contributed by atoms with Crippen LogP contribution in [-0.4, -0.2) is 33.7 Å². The van der Waals surface area contributed by atoms with Crippen LogP contribution in [0.2, 0.25) is 0 Å². The van der Waals surface area contributed by atoms with Gasteiger partial charge in [0.15, 0.2) is 0 Å². The van der Waals surface area contributed by atoms with E-state index in [0.29, 0.717) is 17.7 Å². The molecule has 2 aliphatic heterocycles. The number of nitrogens with zero attached hydrogens (tertiary/aromatic N) is 1. The number of anilines is 1. The van der Waals surface area contributed by atoms with Gasteiger partial charge in [0, 0.05) is 5.92 Å². The lowest BCUT2D eigenvalue weighted by molar-refractivity contribution is -0.138. The summed E-state index contributed by atoms with van der Waals surface area (Å²) in [7, 11) is 0. The van der Waals surface area contributed by atoms with Gasteiger partial charge in [0.1, 0.15) is 5.75 Å². The number of allylic oxidation sites excluding steroid dienone is 2. The van der Waals surface area contributed by atoms with Gasteiger partial charge in [-0.3, -0.25) is 29.9 Å². The number of amides is 4. The van der Waals surface area contributed by atoms with E-state index in [2.05, 4.69) is 10.7 Å². The highest BCUT2D eigenvalue weighted by atomic mass is 16.3. The molecule has 7 rings (SSSR count). The number of phenols is 1. The summed E-state index contributed by atoms with van der Waals surface area (Å²) in [6.07, 6.45) is 2.65. The highest BCUT2D eigenvalue weighted by Gasteiger charge is 2.69. The first-order valence-corrected chi connectivity index (χ1v) is 13.9. The Labute approximate surface area is 237 Å². The fraction of sp³-hybridized carbons (Fsp3) is 0.273. The standard InChI is InChI=1S/C33H29N3O5/c1-18-7-11-21(12-8-18)35-36-31(40)26-17-25-23(15-16-24-27(25)30(39)34-29(24)38)28(19-9-13-22(37)14-10-19)33(26,32(36)41)20-5-3-2-4-6-20/h2-15,24-28,35,37H,16-17H2,1H3,(H,34,38,39). The van der Waals surface area contributed by atoms with Crippen molar-refractivity contribution in [1.82, 2.24) is 10.3 Å². The molecule has 0 radical (unpaired) electrons. The monoisotopic (exact) mass is 547 g/mol. The molecule has 6 atom stereocenters. The zero-order chi connectivity index (χ0) is 28.5. The van der Waals surface area contributed by atoms with Crippen molar-refractivity contribution < 1.29 is 24.3 Å². The Balaban J connectivity index is 1.45. The van der Waals surface area contributed by atoms with Gasteiger partial charge in [0.05, 0.1) is 28.9 Å². The van der Waals surface area contributed by atoms with Gasteiger partial charge in [0.25, 0.3) is 11.8 Å². The molecule has 8 nitrogen and oxygen atoms in total. The van der Waals surface area contributed by atoms with Gasteiger partial charge in [0.2, 0.25) is 11.8 Å². The highest BCUT2D eigenvalue weighted by Crippen LogP contribution is 2.63. The van der Waals surface area contributed by atoms with Crippen molar-refractivity contribution in [2.24, 2.45) is 23.7 Å². The topological polar surface area (TPSA) is 116 Å². The van der Waals surface area contributed by atoms with Crippen molar-refractivity contribution in [3.05, 3.63) is 107 Å². The molecule has 3 aromatic rings. The second-order valence-electron chi connectivity index (χ2n) is 11.5. The minimum absolute atomic E-state index is 0.0846. The van der Waals surface area contributed by atoms with Crippen LogP contribution in [0.4, 0.5) is 5.69 Å². The predicted octanol–water partition coefficient (Wildman–Crippen LogP) is 3.97. The molecule has 41 heavy (non-hydrogen) atoms. The average Bonchev–Trinajstić information content (AvgIpc) is 3.39. The number of hydrogen-bond acceptors (Lipinski definition) is 6. The van der Waals surface area contributed by atoms with Gasteiger partial charge in [-0.2, -0.15) is 5.01 Å². The SMILES string of the molecule is Cc1ccc(NN2C(=O)C3CC4C(=CCC5C(=O)NC(=O)C54)C(c4ccc(O)cc4)C3(c3ccccc3)C2=O)cc1. The summed E-state index contributed by atoms with van der Waals surface area (Å²) in [5.41, 5.74) is 5.80. The molecule has 0 spiro atoms. The van der Waals surface area contributed by atoms with E-state index in [1.165, 1.54) is 0 Å². The molecule has 8 heteroatoms. The van der Waals surface area contributed by atoms with E-state index < -0.39 is 35.0 Å². The summed E-state index contributed by atoms with van der Waals surface area (Å²) >= 11 is 0. The number of benzene rings is 3. The van der Waals surface area contributed by atoms with E-state index in [0.717, 1.165) is 21.7 Å². The lowest BCUT2D eigenvalue weighted by Gasteiger charge is -2.50. The van der Waals surface area contributed by atoms with Crippen molar-refractivity contribution in [3.63, 3.8) is 0 Å². The molecule has 6 unspecified atom stereocenters. The number of carbonyl (C=O) groups excluding carboxylic acids is 4. The Morgan fingerprint density at radius 2 is 1.59 bits per heavy atom. The number of imide groups is 2. The van der Waals surface area contributed by atoms with Crippen molar-refractivity contribution in [3.8, 4) is 5.75 Å². The summed E-state index contributed by atoms with van der Waals surface area (Å²) < 4.78 is 0. The molecule has 4 aliphatic rings. The molecule has 3 aromatic carbocycles. The van der Waals surface area contributed by atoms with Crippen LogP contribution in [0.5, 0.6) is 5.75 Å². The maximum absolute atomic E-state index is 14.8. The number of nitrogens with one attached hydrogen (secondary N) is 2. The number of aromatic hydroxyl groups is 1. The summed E-state index contributed by atoms with van der Waals surface area (Å²) in [5.74, 6) is -4.13. The van der Waals surface area contributed by atoms with Gasteiger partial charge < -0.3 is 5.11 Å². The molecular formula is C33H29N3O5. The second kappa shape index (κ2) is 9.16. The number of rotatable bonds is 4. The van der Waals surface area contributed by atoms with Crippen molar-refractivity contribution in [1.29, 1.82) is 0 Å². The number of hydrazine groups is 1. The first-order valence-electron chi connectivity index (χ1n) is 13.9. The molecular weight excluding hydrogens is 518 g/mol. The van der Waals surface area contributed by atoms with E-state index in [9.17, 15) is 24.3 Å². The molecule has 2 aliphatic carbocycles. The van der Waals surface area contributed by atoms with Crippen LogP contribution in [0.15, 0.2) is 90.5 Å². The Morgan fingerprint density at radius 3 is 2.29 bits per heavy atom. The molecule has 1 saturated carbocycles. The Morgan fingerprint density at radius 1 is 0.878 bits per heavy atom. The maximum atomic E-state index is 14.8. The normalized spacial score (nSPS) is 30.3. The van der Waals surface area contributed by atoms with Crippen LogP contribution in [0.3, 0.4) is 0 Å². The van der Waals surface area contributed by atoms with E-state index in [1.807, 2.05) is 67.6 Å². The molecule has 0 aromatic heterocycles. The number of phenolic OH excluding ortho intramolecular Hbond substituents is 1. The third-order valence-corrected chi connectivity index (χ3v) is 9.46. The Bertz CT molecular complexity index is 1610. The molecule has 3 N–H and O–H groups in total. The highest BCUT2D eigenvalue weighted by molar-refractivity contribution is 6.13. The van der Waals surface area contributed by atoms with E-state index in [-0.39, 0.29) is 35.8 Å². The largest absolute Gasteiger partial charge is 0.508 e. The minimum atomic E-state index is -1.30. The van der Waals surface area contributed by atoms with Crippen molar-refractivity contribution >= 4 is 29.3 Å². The molecule has 3 fully saturated rings. The van der Waals surface area contributed by atoms with Crippen LogP contribution in [0.1, 0.15) is 35.4 Å². The zero-order valence-corrected chi connectivity index (χ0v) is 22.4. The van der Waals surface area contributed by atoms with Crippen LogP contribution in [0, 0.1) is 30.6 Å². The number of fused-ring (bicyclic) bond motifs is 4. The quantitative estimate of drug-likeness (QED) is 0.336. The smallest absolute Gasteiger partial charge is 0.260 e. The maximum Gasteiger partial charge on any atom is 0.260 e. The predicted molar refractivity (Wildman–Crippen MR) is 150 cm³/mol. The summed E-state index contributed by atoms with van der Waals surface area (Å²) in [5, 5.41) is 13.8. The summed E-state index contributed by atoms with van der Waals surface area (Å²) in [4.78, 5) is 55.0. The average molecular weight is 548 g/mol. The molecule has 0 bridgehead atoms. The molecule has 206 valence electrons. The molecule has 2 heterocycles. The van der Waals surface area contributed by atoms with E-state index in [1.54, 1.807) is 24.3 Å². The van der Waals surface area contributed by atoms with Crippen LogP contribution < -0.4 is 10.7 Å². The van der Waals surface area contributed by atoms with Gasteiger partial charge in [-0.1, -0.05) is 71.8 Å². The van der Waals surface area contributed by atoms with Gasteiger partial charge >= 0.3 is 0 Å². The summed E-state index contributed by atoms with van der Waals surface area (Å²) in [6.45, 7) is 1.96. The fourth-order valence-corrected chi connectivity index (χ4v) is 7.70. The zero-order valence-electron chi connectivity index (χ0n) is 22.4. The lowest BCUT2D eigenvalue weighted by Crippen LogP contribution is -2.53. The van der Waals surface area contributed by atoms with Crippen LogP contribution >= 0.6 is 0 Å². The van der Waals surface area contributed by atoms with Crippen molar-refractivity contribution in [2.45, 2.75) is 31.1 Å². The van der Waals surface area contributed by atoms with Crippen LogP contribution in [-0.2, 0) is 24.6 Å². The summed E-state index contributed by atoms with van der Waals surface area (Å²) in [6, 6.07) is 23.6. The van der Waals surface area contributed by atoms with Gasteiger partial charge in [-0.25, -0.2) is 0 Å². The van der Waals surface area contributed by atoms with E-state index >= 15 is 0 Å². The Hall–Kier alpha value is -4.72. The Kier molecular flexibility index (Phi) is 5.64. The third-order valence-electron chi connectivity index (χ3n) is 9.46. The van der Waals surface area contributed by atoms with Gasteiger partial charge in [-0.15, -0.1) is 0 Å². The first kappa shape index (κ1) is 25.3.